The minimum absolute atomic E-state index is 0.628. The molecule has 0 N–H and O–H groups in total. The van der Waals surface area contributed by atoms with Gasteiger partial charge in [-0.1, -0.05) is 29.8 Å². The van der Waals surface area contributed by atoms with Crippen molar-refractivity contribution < 1.29 is 9.47 Å². The molecule has 0 aromatic heterocycles. The molecular weight excluding hydrogens is 368 g/mol. The van der Waals surface area contributed by atoms with Gasteiger partial charge in [-0.2, -0.15) is 0 Å². The molecule has 0 atom stereocenters. The zero-order valence-electron chi connectivity index (χ0n) is 14.7. The number of hydrogen-bond donors (Lipinski definition) is 0. The smallest absolute Gasteiger partial charge is 0.184 e. The Hall–Kier alpha value is -1.56. The number of piperazine rings is 1. The summed E-state index contributed by atoms with van der Waals surface area (Å²) in [5, 5.41) is 0.846. The second-order valence-electron chi connectivity index (χ2n) is 6.41. The Bertz CT molecular complexity index is 750. The third kappa shape index (κ3) is 4.05. The van der Waals surface area contributed by atoms with Crippen LogP contribution in [0.3, 0.4) is 0 Å². The normalized spacial score (nSPS) is 17.3. The van der Waals surface area contributed by atoms with E-state index in [4.69, 9.17) is 21.1 Å². The second kappa shape index (κ2) is 8.42. The Morgan fingerprint density at radius 2 is 1.73 bits per heavy atom. The van der Waals surface area contributed by atoms with Gasteiger partial charge >= 0.3 is 0 Å². The Morgan fingerprint density at radius 3 is 2.58 bits per heavy atom. The van der Waals surface area contributed by atoms with Gasteiger partial charge < -0.3 is 14.4 Å². The standard InChI is InChI=1S/C20H23ClN2O2S/c21-16-4-1-2-7-19(16)26-15-12-22-8-10-23(11-9-22)17-5-3-6-18-20(17)25-14-13-24-18/h1-7H,8-15H2. The molecule has 138 valence electrons. The first-order valence-electron chi connectivity index (χ1n) is 9.04. The lowest BCUT2D eigenvalue weighted by molar-refractivity contribution is 0.171. The summed E-state index contributed by atoms with van der Waals surface area (Å²) in [6, 6.07) is 14.2. The van der Waals surface area contributed by atoms with Crippen molar-refractivity contribution in [2.45, 2.75) is 4.90 Å². The first-order chi connectivity index (χ1) is 12.8. The van der Waals surface area contributed by atoms with Gasteiger partial charge in [0.05, 0.1) is 10.7 Å². The van der Waals surface area contributed by atoms with Crippen LogP contribution in [-0.4, -0.2) is 56.6 Å². The molecule has 1 saturated heterocycles. The molecule has 26 heavy (non-hydrogen) atoms. The van der Waals surface area contributed by atoms with E-state index in [1.807, 2.05) is 36.0 Å². The molecule has 1 fully saturated rings. The summed E-state index contributed by atoms with van der Waals surface area (Å²) in [6.45, 7) is 6.49. The molecule has 0 amide bonds. The molecule has 0 bridgehead atoms. The number of anilines is 1. The van der Waals surface area contributed by atoms with Gasteiger partial charge in [0.25, 0.3) is 0 Å². The number of thioether (sulfide) groups is 1. The molecule has 2 aliphatic rings. The molecule has 0 unspecified atom stereocenters. The van der Waals surface area contributed by atoms with Gasteiger partial charge in [0.15, 0.2) is 11.5 Å². The van der Waals surface area contributed by atoms with E-state index in [1.54, 1.807) is 0 Å². The van der Waals surface area contributed by atoms with E-state index in [0.29, 0.717) is 13.2 Å². The first kappa shape index (κ1) is 17.8. The number of para-hydroxylation sites is 1. The topological polar surface area (TPSA) is 24.9 Å². The monoisotopic (exact) mass is 390 g/mol. The summed E-state index contributed by atoms with van der Waals surface area (Å²) in [5.74, 6) is 2.83. The van der Waals surface area contributed by atoms with Crippen molar-refractivity contribution in [2.75, 3.05) is 56.6 Å². The lowest BCUT2D eigenvalue weighted by Crippen LogP contribution is -2.47. The first-order valence-corrected chi connectivity index (χ1v) is 10.4. The van der Waals surface area contributed by atoms with Crippen LogP contribution in [0.4, 0.5) is 5.69 Å². The van der Waals surface area contributed by atoms with Crippen LogP contribution in [0.15, 0.2) is 47.4 Å². The Kier molecular flexibility index (Phi) is 5.78. The highest BCUT2D eigenvalue weighted by Crippen LogP contribution is 2.39. The van der Waals surface area contributed by atoms with Crippen molar-refractivity contribution >= 4 is 29.1 Å². The summed E-state index contributed by atoms with van der Waals surface area (Å²) in [5.41, 5.74) is 1.16. The largest absolute Gasteiger partial charge is 0.486 e. The third-order valence-corrected chi connectivity index (χ3v) is 6.26. The van der Waals surface area contributed by atoms with Gasteiger partial charge in [-0.3, -0.25) is 4.90 Å². The fourth-order valence-corrected chi connectivity index (χ4v) is 4.62. The van der Waals surface area contributed by atoms with Gasteiger partial charge in [0.1, 0.15) is 13.2 Å². The molecule has 2 aromatic carbocycles. The molecule has 0 aliphatic carbocycles. The van der Waals surface area contributed by atoms with Crippen LogP contribution in [0.5, 0.6) is 11.5 Å². The van der Waals surface area contributed by atoms with E-state index >= 15 is 0 Å². The second-order valence-corrected chi connectivity index (χ2v) is 7.95. The van der Waals surface area contributed by atoms with Gasteiger partial charge in [-0.15, -0.1) is 11.8 Å². The van der Waals surface area contributed by atoms with Crippen molar-refractivity contribution in [2.24, 2.45) is 0 Å². The van der Waals surface area contributed by atoms with E-state index in [9.17, 15) is 0 Å². The van der Waals surface area contributed by atoms with Crippen LogP contribution in [0.1, 0.15) is 0 Å². The maximum atomic E-state index is 6.23. The molecule has 4 nitrogen and oxygen atoms in total. The van der Waals surface area contributed by atoms with Gasteiger partial charge in [-0.25, -0.2) is 0 Å². The average molecular weight is 391 g/mol. The minimum atomic E-state index is 0.628. The zero-order valence-corrected chi connectivity index (χ0v) is 16.3. The Balaban J connectivity index is 1.29. The van der Waals surface area contributed by atoms with E-state index < -0.39 is 0 Å². The third-order valence-electron chi connectivity index (χ3n) is 4.76. The number of benzene rings is 2. The van der Waals surface area contributed by atoms with Crippen molar-refractivity contribution in [1.82, 2.24) is 4.90 Å². The molecular formula is C20H23ClN2O2S. The quantitative estimate of drug-likeness (QED) is 0.718. The van der Waals surface area contributed by atoms with Crippen LogP contribution in [-0.2, 0) is 0 Å². The molecule has 4 rings (SSSR count). The van der Waals surface area contributed by atoms with Crippen LogP contribution in [0, 0.1) is 0 Å². The van der Waals surface area contributed by atoms with E-state index in [-0.39, 0.29) is 0 Å². The number of nitrogens with zero attached hydrogens (tertiary/aromatic N) is 2. The Morgan fingerprint density at radius 1 is 0.923 bits per heavy atom. The highest BCUT2D eigenvalue weighted by molar-refractivity contribution is 7.99. The van der Waals surface area contributed by atoms with E-state index in [0.717, 1.165) is 60.7 Å². The fourth-order valence-electron chi connectivity index (χ4n) is 3.37. The van der Waals surface area contributed by atoms with E-state index in [2.05, 4.69) is 28.0 Å². The maximum Gasteiger partial charge on any atom is 0.184 e. The molecule has 2 heterocycles. The van der Waals surface area contributed by atoms with Crippen molar-refractivity contribution in [3.8, 4) is 11.5 Å². The number of hydrogen-bond acceptors (Lipinski definition) is 5. The SMILES string of the molecule is Clc1ccccc1SCCN1CCN(c2cccc3c2OCCO3)CC1. The maximum absolute atomic E-state index is 6.23. The number of rotatable bonds is 5. The molecule has 0 saturated carbocycles. The zero-order chi connectivity index (χ0) is 17.8. The van der Waals surface area contributed by atoms with Crippen molar-refractivity contribution in [3.05, 3.63) is 47.5 Å². The highest BCUT2D eigenvalue weighted by atomic mass is 35.5. The van der Waals surface area contributed by atoms with Gasteiger partial charge in [0, 0.05) is 43.4 Å². The van der Waals surface area contributed by atoms with E-state index in [1.165, 1.54) is 4.90 Å². The molecule has 6 heteroatoms. The Labute approximate surface area is 164 Å². The molecule has 0 spiro atoms. The lowest BCUT2D eigenvalue weighted by Gasteiger charge is -2.37. The van der Waals surface area contributed by atoms with Crippen LogP contribution < -0.4 is 14.4 Å². The van der Waals surface area contributed by atoms with Crippen LogP contribution >= 0.6 is 23.4 Å². The highest BCUT2D eigenvalue weighted by Gasteiger charge is 2.23. The molecule has 2 aromatic rings. The molecule has 0 radical (unpaired) electrons. The van der Waals surface area contributed by atoms with Crippen LogP contribution in [0.2, 0.25) is 5.02 Å². The summed E-state index contributed by atoms with van der Waals surface area (Å²) in [4.78, 5) is 6.10. The van der Waals surface area contributed by atoms with Gasteiger partial charge in [0.2, 0.25) is 0 Å². The minimum Gasteiger partial charge on any atom is -0.486 e. The summed E-state index contributed by atoms with van der Waals surface area (Å²) < 4.78 is 11.6. The van der Waals surface area contributed by atoms with Gasteiger partial charge in [-0.05, 0) is 24.3 Å². The molecule has 2 aliphatic heterocycles. The summed E-state index contributed by atoms with van der Waals surface area (Å²) >= 11 is 8.06. The summed E-state index contributed by atoms with van der Waals surface area (Å²) in [6.07, 6.45) is 0. The average Bonchev–Trinajstić information content (AvgIpc) is 2.70. The number of ether oxygens (including phenoxy) is 2. The van der Waals surface area contributed by atoms with Crippen molar-refractivity contribution in [3.63, 3.8) is 0 Å². The predicted molar refractivity (Wildman–Crippen MR) is 108 cm³/mol. The fraction of sp³-hybridized carbons (Fsp3) is 0.400. The predicted octanol–water partition coefficient (Wildman–Crippen LogP) is 4.03. The number of fused-ring (bicyclic) bond motifs is 1. The number of halogens is 1. The summed E-state index contributed by atoms with van der Waals surface area (Å²) in [7, 11) is 0. The van der Waals surface area contributed by atoms with Crippen molar-refractivity contribution in [1.29, 1.82) is 0 Å². The lowest BCUT2D eigenvalue weighted by atomic mass is 10.2. The van der Waals surface area contributed by atoms with Crippen LogP contribution in [0.25, 0.3) is 0 Å².